The van der Waals surface area contributed by atoms with Crippen LogP contribution in [0.2, 0.25) is 0 Å². The van der Waals surface area contributed by atoms with Crippen LogP contribution in [0.3, 0.4) is 0 Å². The summed E-state index contributed by atoms with van der Waals surface area (Å²) in [4.78, 5) is 16.2. The molecule has 1 saturated carbocycles. The number of amides is 1. The molecule has 1 amide bonds. The van der Waals surface area contributed by atoms with Crippen molar-refractivity contribution in [1.82, 2.24) is 25.1 Å². The summed E-state index contributed by atoms with van der Waals surface area (Å²) in [6.45, 7) is 6.23. The molecule has 128 valence electrons. The van der Waals surface area contributed by atoms with Gasteiger partial charge in [-0.25, -0.2) is 0 Å². The first-order valence-corrected chi connectivity index (χ1v) is 9.32. The standard InChI is InChI=1S/C17H23N5OS/c1-11(2)12(3)19-15(23)10-24-17-21-20-16(22(17)14-4-5-14)13-6-8-18-9-7-13/h6-9,11-12,14H,4-5,10H2,1-3H3,(H,19,23)/t12-/m1/s1. The number of hydrogen-bond acceptors (Lipinski definition) is 5. The number of aromatic nitrogens is 4. The smallest absolute Gasteiger partial charge is 0.230 e. The third-order valence-corrected chi connectivity index (χ3v) is 5.18. The maximum absolute atomic E-state index is 12.1. The van der Waals surface area contributed by atoms with E-state index < -0.39 is 0 Å². The van der Waals surface area contributed by atoms with E-state index in [9.17, 15) is 4.79 Å². The fraction of sp³-hybridized carbons (Fsp3) is 0.529. The van der Waals surface area contributed by atoms with Crippen molar-refractivity contribution in [2.45, 2.75) is 50.9 Å². The zero-order valence-electron chi connectivity index (χ0n) is 14.3. The van der Waals surface area contributed by atoms with Gasteiger partial charge in [0.1, 0.15) is 0 Å². The van der Waals surface area contributed by atoms with Crippen molar-refractivity contribution in [2.24, 2.45) is 5.92 Å². The Morgan fingerprint density at radius 1 is 1.29 bits per heavy atom. The van der Waals surface area contributed by atoms with Gasteiger partial charge in [0, 0.05) is 30.0 Å². The largest absolute Gasteiger partial charge is 0.353 e. The van der Waals surface area contributed by atoms with Crippen LogP contribution in [0.5, 0.6) is 0 Å². The number of hydrogen-bond donors (Lipinski definition) is 1. The van der Waals surface area contributed by atoms with Crippen molar-refractivity contribution in [1.29, 1.82) is 0 Å². The SMILES string of the molecule is CC(C)[C@@H](C)NC(=O)CSc1nnc(-c2ccncc2)n1C1CC1. The van der Waals surface area contributed by atoms with Gasteiger partial charge >= 0.3 is 0 Å². The normalized spacial score (nSPS) is 15.5. The number of carbonyl (C=O) groups is 1. The second-order valence-corrected chi connectivity index (χ2v) is 7.47. The van der Waals surface area contributed by atoms with Gasteiger partial charge in [0.2, 0.25) is 5.91 Å². The van der Waals surface area contributed by atoms with E-state index >= 15 is 0 Å². The van der Waals surface area contributed by atoms with Crippen LogP contribution in [0.4, 0.5) is 0 Å². The van der Waals surface area contributed by atoms with Gasteiger partial charge in [0.05, 0.1) is 5.75 Å². The van der Waals surface area contributed by atoms with E-state index in [0.717, 1.165) is 29.4 Å². The summed E-state index contributed by atoms with van der Waals surface area (Å²) >= 11 is 1.45. The molecule has 0 radical (unpaired) electrons. The molecule has 7 heteroatoms. The minimum Gasteiger partial charge on any atom is -0.353 e. The highest BCUT2D eigenvalue weighted by molar-refractivity contribution is 7.99. The minimum absolute atomic E-state index is 0.0389. The van der Waals surface area contributed by atoms with E-state index in [0.29, 0.717) is 17.7 Å². The average molecular weight is 345 g/mol. The van der Waals surface area contributed by atoms with E-state index in [-0.39, 0.29) is 11.9 Å². The Balaban J connectivity index is 1.70. The molecular weight excluding hydrogens is 322 g/mol. The molecule has 3 rings (SSSR count). The van der Waals surface area contributed by atoms with Gasteiger partial charge in [0.15, 0.2) is 11.0 Å². The van der Waals surface area contributed by atoms with Crippen LogP contribution in [-0.4, -0.2) is 37.5 Å². The monoisotopic (exact) mass is 345 g/mol. The fourth-order valence-corrected chi connectivity index (χ4v) is 3.14. The first-order chi connectivity index (χ1) is 11.6. The van der Waals surface area contributed by atoms with Gasteiger partial charge < -0.3 is 5.32 Å². The lowest BCUT2D eigenvalue weighted by Crippen LogP contribution is -2.37. The van der Waals surface area contributed by atoms with Crippen LogP contribution in [0, 0.1) is 5.92 Å². The lowest BCUT2D eigenvalue weighted by atomic mass is 10.1. The Bertz CT molecular complexity index is 696. The van der Waals surface area contributed by atoms with Crippen LogP contribution < -0.4 is 5.32 Å². The van der Waals surface area contributed by atoms with Gasteiger partial charge in [-0.2, -0.15) is 0 Å². The molecule has 24 heavy (non-hydrogen) atoms. The van der Waals surface area contributed by atoms with Crippen LogP contribution in [0.15, 0.2) is 29.7 Å². The van der Waals surface area contributed by atoms with Crippen LogP contribution in [0.25, 0.3) is 11.4 Å². The lowest BCUT2D eigenvalue weighted by Gasteiger charge is -2.17. The van der Waals surface area contributed by atoms with Crippen molar-refractivity contribution >= 4 is 17.7 Å². The van der Waals surface area contributed by atoms with E-state index in [1.165, 1.54) is 11.8 Å². The quantitative estimate of drug-likeness (QED) is 0.781. The highest BCUT2D eigenvalue weighted by atomic mass is 32.2. The molecule has 0 unspecified atom stereocenters. The predicted molar refractivity (Wildman–Crippen MR) is 94.7 cm³/mol. The molecular formula is C17H23N5OS. The number of rotatable bonds is 7. The average Bonchev–Trinajstić information content (AvgIpc) is 3.33. The highest BCUT2D eigenvalue weighted by Crippen LogP contribution is 2.40. The minimum atomic E-state index is 0.0389. The molecule has 6 nitrogen and oxygen atoms in total. The lowest BCUT2D eigenvalue weighted by molar-refractivity contribution is -0.119. The summed E-state index contributed by atoms with van der Waals surface area (Å²) in [5.41, 5.74) is 1.01. The molecule has 1 N–H and O–H groups in total. The first-order valence-electron chi connectivity index (χ1n) is 8.33. The molecule has 0 saturated heterocycles. The van der Waals surface area contributed by atoms with Gasteiger partial charge in [-0.1, -0.05) is 25.6 Å². The number of carbonyl (C=O) groups excluding carboxylic acids is 1. The Morgan fingerprint density at radius 2 is 2.00 bits per heavy atom. The third kappa shape index (κ3) is 3.95. The number of pyridine rings is 1. The highest BCUT2D eigenvalue weighted by Gasteiger charge is 2.30. The molecule has 1 aliphatic rings. The molecule has 0 aromatic carbocycles. The first kappa shape index (κ1) is 17.0. The fourth-order valence-electron chi connectivity index (χ4n) is 2.33. The summed E-state index contributed by atoms with van der Waals surface area (Å²) in [5, 5.41) is 12.5. The van der Waals surface area contributed by atoms with Gasteiger partial charge in [-0.05, 0) is 37.8 Å². The van der Waals surface area contributed by atoms with Crippen molar-refractivity contribution in [3.05, 3.63) is 24.5 Å². The third-order valence-electron chi connectivity index (χ3n) is 4.24. The van der Waals surface area contributed by atoms with Crippen molar-refractivity contribution in [3.63, 3.8) is 0 Å². The predicted octanol–water partition coefficient (Wildman–Crippen LogP) is 2.93. The van der Waals surface area contributed by atoms with Gasteiger partial charge in [-0.15, -0.1) is 10.2 Å². The molecule has 0 spiro atoms. The molecule has 2 aromatic rings. The van der Waals surface area contributed by atoms with E-state index in [1.54, 1.807) is 12.4 Å². The summed E-state index contributed by atoms with van der Waals surface area (Å²) in [6, 6.07) is 4.50. The number of nitrogens with zero attached hydrogens (tertiary/aromatic N) is 4. The Labute approximate surface area is 146 Å². The van der Waals surface area contributed by atoms with Gasteiger partial charge in [0.25, 0.3) is 0 Å². The summed E-state index contributed by atoms with van der Waals surface area (Å²) in [5.74, 6) is 1.68. The van der Waals surface area contributed by atoms with E-state index in [2.05, 4.69) is 38.9 Å². The molecule has 1 fully saturated rings. The Kier molecular flexibility index (Phi) is 5.18. The van der Waals surface area contributed by atoms with Crippen LogP contribution in [-0.2, 0) is 4.79 Å². The molecule has 0 bridgehead atoms. The van der Waals surface area contributed by atoms with Gasteiger partial charge in [-0.3, -0.25) is 14.3 Å². The zero-order valence-corrected chi connectivity index (χ0v) is 15.1. The molecule has 1 aliphatic carbocycles. The zero-order chi connectivity index (χ0) is 17.1. The maximum atomic E-state index is 12.1. The Hall–Kier alpha value is -1.89. The Morgan fingerprint density at radius 3 is 2.62 bits per heavy atom. The van der Waals surface area contributed by atoms with Crippen LogP contribution in [0.1, 0.15) is 39.7 Å². The summed E-state index contributed by atoms with van der Waals surface area (Å²) in [6.07, 6.45) is 5.80. The molecule has 1 atom stereocenters. The van der Waals surface area contributed by atoms with Crippen molar-refractivity contribution in [2.75, 3.05) is 5.75 Å². The topological polar surface area (TPSA) is 72.7 Å². The second-order valence-electron chi connectivity index (χ2n) is 6.53. The number of thioether (sulfide) groups is 1. The maximum Gasteiger partial charge on any atom is 0.230 e. The molecule has 2 heterocycles. The van der Waals surface area contributed by atoms with Crippen molar-refractivity contribution < 1.29 is 4.79 Å². The molecule has 0 aliphatic heterocycles. The molecule has 2 aromatic heterocycles. The van der Waals surface area contributed by atoms with E-state index in [1.807, 2.05) is 19.1 Å². The summed E-state index contributed by atoms with van der Waals surface area (Å²) < 4.78 is 2.17. The number of nitrogens with one attached hydrogen (secondary N) is 1. The van der Waals surface area contributed by atoms with Crippen LogP contribution >= 0.6 is 11.8 Å². The second kappa shape index (κ2) is 7.34. The summed E-state index contributed by atoms with van der Waals surface area (Å²) in [7, 11) is 0. The van der Waals surface area contributed by atoms with Crippen molar-refractivity contribution in [3.8, 4) is 11.4 Å². The van der Waals surface area contributed by atoms with E-state index in [4.69, 9.17) is 0 Å².